The molecule has 0 amide bonds. The van der Waals surface area contributed by atoms with Crippen molar-refractivity contribution < 1.29 is 9.84 Å². The predicted octanol–water partition coefficient (Wildman–Crippen LogP) is -0.842. The van der Waals surface area contributed by atoms with E-state index in [0.717, 1.165) is 12.8 Å². The minimum Gasteiger partial charge on any atom is -0.367 e. The van der Waals surface area contributed by atoms with Gasteiger partial charge in [-0.3, -0.25) is 0 Å². The second-order valence-electron chi connectivity index (χ2n) is 3.17. The van der Waals surface area contributed by atoms with Crippen LogP contribution in [0.5, 0.6) is 0 Å². The summed E-state index contributed by atoms with van der Waals surface area (Å²) < 4.78 is 5.17. The van der Waals surface area contributed by atoms with Crippen molar-refractivity contribution in [1.82, 2.24) is 0 Å². The number of hydrogen-bond acceptors (Lipinski definition) is 4. The number of ether oxygens (including phenoxy) is 1. The second kappa shape index (κ2) is 3.49. The van der Waals surface area contributed by atoms with Gasteiger partial charge in [0, 0.05) is 6.04 Å². The smallest absolute Gasteiger partial charge is 0.170 e. The van der Waals surface area contributed by atoms with Crippen LogP contribution in [0, 0.1) is 0 Å². The van der Waals surface area contributed by atoms with Gasteiger partial charge in [0.05, 0.1) is 12.1 Å². The molecular formula is C7H16N2O2. The third-order valence-corrected chi connectivity index (χ3v) is 2.05. The van der Waals surface area contributed by atoms with Gasteiger partial charge in [0.2, 0.25) is 0 Å². The lowest BCUT2D eigenvalue weighted by Crippen LogP contribution is -2.48. The number of hydrogen-bond donors (Lipinski definition) is 3. The number of nitrogens with two attached hydrogens (primary N) is 2. The van der Waals surface area contributed by atoms with Gasteiger partial charge < -0.3 is 21.3 Å². The molecule has 1 rings (SSSR count). The molecule has 0 spiro atoms. The molecule has 1 saturated heterocycles. The highest BCUT2D eigenvalue weighted by atomic mass is 16.6. The third kappa shape index (κ3) is 2.13. The maximum atomic E-state index is 9.19. The first-order chi connectivity index (χ1) is 5.11. The van der Waals surface area contributed by atoms with Crippen LogP contribution >= 0.6 is 0 Å². The molecular weight excluding hydrogens is 144 g/mol. The Kier molecular flexibility index (Phi) is 2.84. The number of aliphatic hydroxyl groups is 1. The largest absolute Gasteiger partial charge is 0.367 e. The fraction of sp³-hybridized carbons (Fsp3) is 1.00. The summed E-state index contributed by atoms with van der Waals surface area (Å²) in [6.07, 6.45) is 0.757. The van der Waals surface area contributed by atoms with E-state index >= 15 is 0 Å². The van der Waals surface area contributed by atoms with Gasteiger partial charge in [0.25, 0.3) is 0 Å². The van der Waals surface area contributed by atoms with Crippen LogP contribution in [-0.2, 0) is 4.74 Å². The van der Waals surface area contributed by atoms with Crippen molar-refractivity contribution in [1.29, 1.82) is 0 Å². The summed E-state index contributed by atoms with van der Waals surface area (Å²) in [5, 5.41) is 9.19. The van der Waals surface area contributed by atoms with Crippen molar-refractivity contribution in [2.45, 2.75) is 44.2 Å². The zero-order valence-corrected chi connectivity index (χ0v) is 6.73. The van der Waals surface area contributed by atoms with Crippen molar-refractivity contribution in [2.75, 3.05) is 0 Å². The molecule has 0 aliphatic carbocycles. The van der Waals surface area contributed by atoms with Gasteiger partial charge >= 0.3 is 0 Å². The first kappa shape index (κ1) is 8.93. The standard InChI is InChI=1S/C7H16N2O2/c1-4(8)6-3-2-5(9)7(10)11-6/h4-7,10H,2-3,8-9H2,1H3. The van der Waals surface area contributed by atoms with Crippen LogP contribution in [0.3, 0.4) is 0 Å². The fourth-order valence-corrected chi connectivity index (χ4v) is 1.23. The second-order valence-corrected chi connectivity index (χ2v) is 3.17. The van der Waals surface area contributed by atoms with E-state index in [1.807, 2.05) is 6.92 Å². The topological polar surface area (TPSA) is 81.5 Å². The zero-order valence-electron chi connectivity index (χ0n) is 6.73. The molecule has 4 heteroatoms. The summed E-state index contributed by atoms with van der Waals surface area (Å²) in [7, 11) is 0. The lowest BCUT2D eigenvalue weighted by atomic mass is 10.0. The minimum atomic E-state index is -0.834. The molecule has 0 bridgehead atoms. The van der Waals surface area contributed by atoms with Crippen LogP contribution in [0.15, 0.2) is 0 Å². The number of rotatable bonds is 1. The van der Waals surface area contributed by atoms with Gasteiger partial charge in [-0.25, -0.2) is 0 Å². The highest BCUT2D eigenvalue weighted by Gasteiger charge is 2.28. The van der Waals surface area contributed by atoms with E-state index in [9.17, 15) is 5.11 Å². The van der Waals surface area contributed by atoms with Gasteiger partial charge in [0.1, 0.15) is 0 Å². The molecule has 1 fully saturated rings. The molecule has 11 heavy (non-hydrogen) atoms. The van der Waals surface area contributed by atoms with Gasteiger partial charge in [0.15, 0.2) is 6.29 Å². The SMILES string of the molecule is CC(N)C1CCC(N)C(O)O1. The Hall–Kier alpha value is -0.160. The Morgan fingerprint density at radius 2 is 2.18 bits per heavy atom. The molecule has 0 saturated carbocycles. The average Bonchev–Trinajstić information content (AvgIpc) is 1.94. The molecule has 0 aromatic heterocycles. The summed E-state index contributed by atoms with van der Waals surface area (Å²) in [5.74, 6) is 0. The van der Waals surface area contributed by atoms with Crippen LogP contribution in [0.25, 0.3) is 0 Å². The monoisotopic (exact) mass is 160 g/mol. The van der Waals surface area contributed by atoms with Crippen molar-refractivity contribution in [3.63, 3.8) is 0 Å². The van der Waals surface area contributed by atoms with Crippen LogP contribution < -0.4 is 11.5 Å². The molecule has 1 heterocycles. The van der Waals surface area contributed by atoms with E-state index in [0.29, 0.717) is 0 Å². The van der Waals surface area contributed by atoms with Crippen LogP contribution in [0.4, 0.5) is 0 Å². The highest BCUT2D eigenvalue weighted by molar-refractivity contribution is 4.79. The van der Waals surface area contributed by atoms with Gasteiger partial charge in [-0.1, -0.05) is 0 Å². The molecule has 0 aromatic rings. The van der Waals surface area contributed by atoms with Gasteiger partial charge in [-0.2, -0.15) is 0 Å². The minimum absolute atomic E-state index is 0.0304. The molecule has 0 aromatic carbocycles. The lowest BCUT2D eigenvalue weighted by Gasteiger charge is -2.33. The predicted molar refractivity (Wildman–Crippen MR) is 41.7 cm³/mol. The van der Waals surface area contributed by atoms with Gasteiger partial charge in [-0.15, -0.1) is 0 Å². The Morgan fingerprint density at radius 1 is 1.55 bits per heavy atom. The molecule has 66 valence electrons. The van der Waals surface area contributed by atoms with Crippen molar-refractivity contribution in [3.8, 4) is 0 Å². The third-order valence-electron chi connectivity index (χ3n) is 2.05. The summed E-state index contributed by atoms with van der Waals surface area (Å²) in [5.41, 5.74) is 11.1. The van der Waals surface area contributed by atoms with Gasteiger partial charge in [-0.05, 0) is 19.8 Å². The van der Waals surface area contributed by atoms with Crippen molar-refractivity contribution >= 4 is 0 Å². The first-order valence-electron chi connectivity index (χ1n) is 3.96. The molecule has 1 aliphatic rings. The maximum Gasteiger partial charge on any atom is 0.170 e. The van der Waals surface area contributed by atoms with E-state index in [4.69, 9.17) is 16.2 Å². The summed E-state index contributed by atoms with van der Waals surface area (Å²) in [4.78, 5) is 0. The molecule has 1 aliphatic heterocycles. The molecule has 4 nitrogen and oxygen atoms in total. The zero-order chi connectivity index (χ0) is 8.43. The van der Waals surface area contributed by atoms with Crippen molar-refractivity contribution in [3.05, 3.63) is 0 Å². The van der Waals surface area contributed by atoms with Crippen LogP contribution in [-0.4, -0.2) is 29.6 Å². The lowest BCUT2D eigenvalue weighted by molar-refractivity contribution is -0.176. The summed E-state index contributed by atoms with van der Waals surface area (Å²) >= 11 is 0. The number of aliphatic hydroxyl groups excluding tert-OH is 1. The Morgan fingerprint density at radius 3 is 2.64 bits per heavy atom. The normalized spacial score (nSPS) is 42.0. The van der Waals surface area contributed by atoms with E-state index in [2.05, 4.69) is 0 Å². The molecule has 4 unspecified atom stereocenters. The first-order valence-corrected chi connectivity index (χ1v) is 3.96. The molecule has 5 N–H and O–H groups in total. The van der Waals surface area contributed by atoms with E-state index in [1.54, 1.807) is 0 Å². The quantitative estimate of drug-likeness (QED) is 0.467. The Bertz CT molecular complexity index is 130. The Labute approximate surface area is 66.5 Å². The summed E-state index contributed by atoms with van der Waals surface area (Å²) in [6.45, 7) is 1.87. The van der Waals surface area contributed by atoms with E-state index in [1.165, 1.54) is 0 Å². The van der Waals surface area contributed by atoms with Crippen molar-refractivity contribution in [2.24, 2.45) is 11.5 Å². The van der Waals surface area contributed by atoms with E-state index < -0.39 is 6.29 Å². The van der Waals surface area contributed by atoms with E-state index in [-0.39, 0.29) is 18.2 Å². The molecule has 4 atom stereocenters. The Balaban J connectivity index is 2.40. The maximum absolute atomic E-state index is 9.19. The van der Waals surface area contributed by atoms with Crippen LogP contribution in [0.1, 0.15) is 19.8 Å². The highest BCUT2D eigenvalue weighted by Crippen LogP contribution is 2.18. The van der Waals surface area contributed by atoms with Crippen LogP contribution in [0.2, 0.25) is 0 Å². The average molecular weight is 160 g/mol. The summed E-state index contributed by atoms with van der Waals surface area (Å²) in [6, 6.07) is -0.276. The molecule has 0 radical (unpaired) electrons. The fourth-order valence-electron chi connectivity index (χ4n) is 1.23.